The van der Waals surface area contributed by atoms with Gasteiger partial charge in [0.1, 0.15) is 0 Å². The Labute approximate surface area is 360 Å². The third-order valence-electron chi connectivity index (χ3n) is 13.1. The van der Waals surface area contributed by atoms with E-state index in [4.69, 9.17) is 9.97 Å². The lowest BCUT2D eigenvalue weighted by Gasteiger charge is -2.22. The van der Waals surface area contributed by atoms with Crippen molar-refractivity contribution in [3.8, 4) is 34.0 Å². The van der Waals surface area contributed by atoms with Crippen molar-refractivity contribution in [2.45, 2.75) is 25.7 Å². The Morgan fingerprint density at radius 2 is 1.21 bits per heavy atom. The van der Waals surface area contributed by atoms with E-state index in [0.29, 0.717) is 5.95 Å². The third-order valence-corrected chi connectivity index (χ3v) is 13.1. The summed E-state index contributed by atoms with van der Waals surface area (Å²) in [6, 6.07) is 58.9. The van der Waals surface area contributed by atoms with Crippen molar-refractivity contribution in [3.05, 3.63) is 228 Å². The number of rotatable bonds is 4. The highest BCUT2D eigenvalue weighted by Crippen LogP contribution is 2.50. The first-order chi connectivity index (χ1) is 30.4. The molecular formula is C58H42N4. The Morgan fingerprint density at radius 1 is 0.532 bits per heavy atom. The number of hydrogen-bond acceptors (Lipinski definition) is 2. The van der Waals surface area contributed by atoms with E-state index in [1.165, 1.54) is 55.0 Å². The first-order valence-corrected chi connectivity index (χ1v) is 21.4. The summed E-state index contributed by atoms with van der Waals surface area (Å²) in [7, 11) is 0. The zero-order valence-electron chi connectivity index (χ0n) is 34.7. The summed E-state index contributed by atoms with van der Waals surface area (Å²) < 4.78 is 4.62. The summed E-state index contributed by atoms with van der Waals surface area (Å²) in [5.41, 5.74) is 18.1. The molecule has 2 aliphatic rings. The van der Waals surface area contributed by atoms with E-state index >= 15 is 0 Å². The van der Waals surface area contributed by atoms with Crippen LogP contribution < -0.4 is 0 Å². The summed E-state index contributed by atoms with van der Waals surface area (Å²) in [6.45, 7) is 9.22. The number of para-hydroxylation sites is 4. The lowest BCUT2D eigenvalue weighted by atomic mass is 9.82. The molecule has 4 nitrogen and oxygen atoms in total. The topological polar surface area (TPSA) is 35.6 Å². The van der Waals surface area contributed by atoms with Crippen molar-refractivity contribution in [1.29, 1.82) is 0 Å². The second-order valence-electron chi connectivity index (χ2n) is 17.1. The SMILES string of the molecule is C=C1/C=C\c2c(c3ccccc3n2-c2nc(-c3ccc4c(c3)C(C)(C)c3ccccc3-4)c3ccccc3n2)C/C=C\C(c2ccc3c4ccccc4n(-c4ccccc4)c3c2)=C/1. The molecule has 294 valence electrons. The Morgan fingerprint density at radius 3 is 2.06 bits per heavy atom. The fraction of sp³-hybridized carbons (Fsp3) is 0.0690. The molecule has 0 unspecified atom stereocenters. The predicted octanol–water partition coefficient (Wildman–Crippen LogP) is 14.4. The highest BCUT2D eigenvalue weighted by atomic mass is 15.2. The number of benzene rings is 7. The van der Waals surface area contributed by atoms with Crippen molar-refractivity contribution in [1.82, 2.24) is 19.1 Å². The van der Waals surface area contributed by atoms with Crippen LogP contribution in [0.15, 0.2) is 200 Å². The van der Waals surface area contributed by atoms with E-state index in [2.05, 4.69) is 224 Å². The van der Waals surface area contributed by atoms with Crippen LogP contribution in [0.1, 0.15) is 41.8 Å². The van der Waals surface area contributed by atoms with Crippen LogP contribution in [0.2, 0.25) is 0 Å². The number of nitrogens with zero attached hydrogens (tertiary/aromatic N) is 4. The van der Waals surface area contributed by atoms with Crippen molar-refractivity contribution in [3.63, 3.8) is 0 Å². The smallest absolute Gasteiger partial charge is 0.235 e. The van der Waals surface area contributed by atoms with Crippen LogP contribution in [-0.4, -0.2) is 19.1 Å². The van der Waals surface area contributed by atoms with Gasteiger partial charge in [-0.25, -0.2) is 9.97 Å². The molecule has 0 N–H and O–H groups in total. The fourth-order valence-electron chi connectivity index (χ4n) is 10.1. The molecule has 0 bridgehead atoms. The molecule has 2 aliphatic carbocycles. The number of allylic oxidation sites excluding steroid dienone is 6. The standard InChI is InChI=1S/C58H42N4/c1-37-28-33-54-46(23-15-16-38(34-37)39-29-32-47-45-21-9-13-26-52(45)61(55(47)36-39)41-17-5-4-6-18-41)44-20-10-14-27-53(44)62(54)57-59-51-25-12-8-22-48(51)56(60-57)40-30-31-43-42-19-7-11-24-49(42)58(2,3)50(43)35-40/h4-22,24-36H,1,23H2,2-3H3/b16-15-,33-28-,38-34+. The lowest BCUT2D eigenvalue weighted by Crippen LogP contribution is -2.15. The van der Waals surface area contributed by atoms with E-state index in [-0.39, 0.29) is 5.41 Å². The van der Waals surface area contributed by atoms with Gasteiger partial charge in [-0.15, -0.1) is 0 Å². The van der Waals surface area contributed by atoms with Crippen molar-refractivity contribution in [2.75, 3.05) is 0 Å². The van der Waals surface area contributed by atoms with E-state index < -0.39 is 0 Å². The molecular weight excluding hydrogens is 753 g/mol. The molecule has 12 rings (SSSR count). The van der Waals surface area contributed by atoms with Gasteiger partial charge in [0.25, 0.3) is 0 Å². The number of hydrogen-bond donors (Lipinski definition) is 0. The Bertz CT molecular complexity index is 3590. The second kappa shape index (κ2) is 13.9. The van der Waals surface area contributed by atoms with Gasteiger partial charge in [0.05, 0.1) is 33.5 Å². The van der Waals surface area contributed by atoms with Gasteiger partial charge in [-0.05, 0) is 106 Å². The molecule has 0 saturated carbocycles. The highest BCUT2D eigenvalue weighted by molar-refractivity contribution is 6.10. The first kappa shape index (κ1) is 36.1. The molecule has 3 heterocycles. The normalized spacial score (nSPS) is 16.2. The van der Waals surface area contributed by atoms with Gasteiger partial charge in [0, 0.05) is 38.2 Å². The van der Waals surface area contributed by atoms with Crippen LogP contribution in [-0.2, 0) is 11.8 Å². The Kier molecular flexibility index (Phi) is 8.07. The molecule has 0 spiro atoms. The average Bonchev–Trinajstić information content (AvgIpc) is 3.90. The van der Waals surface area contributed by atoms with Crippen LogP contribution in [0.25, 0.3) is 89.3 Å². The van der Waals surface area contributed by atoms with Crippen LogP contribution in [0.3, 0.4) is 0 Å². The van der Waals surface area contributed by atoms with E-state index in [0.717, 1.165) is 62.2 Å². The zero-order valence-corrected chi connectivity index (χ0v) is 34.7. The second-order valence-corrected chi connectivity index (χ2v) is 17.1. The molecule has 0 amide bonds. The van der Waals surface area contributed by atoms with Crippen molar-refractivity contribution < 1.29 is 0 Å². The summed E-state index contributed by atoms with van der Waals surface area (Å²) in [6.07, 6.45) is 11.8. The molecule has 7 aromatic carbocycles. The first-order valence-electron chi connectivity index (χ1n) is 21.4. The zero-order chi connectivity index (χ0) is 41.5. The molecule has 0 radical (unpaired) electrons. The van der Waals surface area contributed by atoms with E-state index in [1.807, 2.05) is 0 Å². The van der Waals surface area contributed by atoms with Crippen LogP contribution >= 0.6 is 0 Å². The minimum atomic E-state index is -0.124. The average molecular weight is 795 g/mol. The summed E-state index contributed by atoms with van der Waals surface area (Å²) in [5.74, 6) is 0.647. The summed E-state index contributed by atoms with van der Waals surface area (Å²) in [4.78, 5) is 10.8. The molecule has 62 heavy (non-hydrogen) atoms. The van der Waals surface area contributed by atoms with Gasteiger partial charge < -0.3 is 4.57 Å². The predicted molar refractivity (Wildman–Crippen MR) is 259 cm³/mol. The maximum atomic E-state index is 5.49. The third kappa shape index (κ3) is 5.53. The summed E-state index contributed by atoms with van der Waals surface area (Å²) >= 11 is 0. The largest absolute Gasteiger partial charge is 0.309 e. The quantitative estimate of drug-likeness (QED) is 0.178. The monoisotopic (exact) mass is 794 g/mol. The molecule has 4 heteroatoms. The Balaban J connectivity index is 0.985. The molecule has 3 aromatic heterocycles. The van der Waals surface area contributed by atoms with Gasteiger partial charge in [-0.3, -0.25) is 4.57 Å². The number of fused-ring (bicyclic) bond motifs is 10. The Hall–Kier alpha value is -7.82. The van der Waals surface area contributed by atoms with E-state index in [1.54, 1.807) is 0 Å². The highest BCUT2D eigenvalue weighted by Gasteiger charge is 2.35. The van der Waals surface area contributed by atoms with Gasteiger partial charge in [0.2, 0.25) is 5.95 Å². The molecule has 0 saturated heterocycles. The number of aromatic nitrogens is 4. The van der Waals surface area contributed by atoms with E-state index in [9.17, 15) is 0 Å². The maximum absolute atomic E-state index is 5.49. The van der Waals surface area contributed by atoms with Crippen LogP contribution in [0.5, 0.6) is 0 Å². The maximum Gasteiger partial charge on any atom is 0.235 e. The molecule has 0 fully saturated rings. The van der Waals surface area contributed by atoms with Gasteiger partial charge >= 0.3 is 0 Å². The lowest BCUT2D eigenvalue weighted by molar-refractivity contribution is 0.660. The van der Waals surface area contributed by atoms with Gasteiger partial charge in [-0.2, -0.15) is 0 Å². The van der Waals surface area contributed by atoms with Crippen molar-refractivity contribution in [2.24, 2.45) is 0 Å². The molecule has 0 aliphatic heterocycles. The molecule has 10 aromatic rings. The van der Waals surface area contributed by atoms with Gasteiger partial charge in [-0.1, -0.05) is 160 Å². The van der Waals surface area contributed by atoms with Gasteiger partial charge in [0.15, 0.2) is 0 Å². The van der Waals surface area contributed by atoms with Crippen molar-refractivity contribution >= 4 is 55.3 Å². The minimum Gasteiger partial charge on any atom is -0.309 e. The van der Waals surface area contributed by atoms with Crippen LogP contribution in [0, 0.1) is 0 Å². The molecule has 0 atom stereocenters. The minimum absolute atomic E-state index is 0.124. The van der Waals surface area contributed by atoms with Crippen LogP contribution in [0.4, 0.5) is 0 Å². The summed E-state index contributed by atoms with van der Waals surface area (Å²) in [5, 5.41) is 4.69. The fourth-order valence-corrected chi connectivity index (χ4v) is 10.1.